The van der Waals surface area contributed by atoms with Gasteiger partial charge in [0.05, 0.1) is 17.4 Å². The normalized spacial score (nSPS) is 14.3. The Morgan fingerprint density at radius 1 is 1.17 bits per heavy atom. The number of pyridine rings is 1. The van der Waals surface area contributed by atoms with Crippen molar-refractivity contribution in [3.63, 3.8) is 0 Å². The summed E-state index contributed by atoms with van der Waals surface area (Å²) in [4.78, 5) is 16.4. The highest BCUT2D eigenvalue weighted by Crippen LogP contribution is 2.30. The van der Waals surface area contributed by atoms with Crippen molar-refractivity contribution in [1.29, 1.82) is 0 Å². The maximum atomic E-state index is 13.8. The molecule has 1 amide bonds. The van der Waals surface area contributed by atoms with E-state index in [0.717, 1.165) is 13.8 Å². The Bertz CT molecular complexity index is 856. The molecule has 1 heterocycles. The number of alkyl halides is 3. The predicted octanol–water partition coefficient (Wildman–Crippen LogP) is 2.76. The fourth-order valence-electron chi connectivity index (χ4n) is 2.63. The minimum absolute atomic E-state index is 0.0449. The first kappa shape index (κ1) is 22.8. The van der Waals surface area contributed by atoms with Gasteiger partial charge in [0.1, 0.15) is 11.4 Å². The molecule has 2 rings (SSSR count). The average Bonchev–Trinajstić information content (AvgIpc) is 2.62. The van der Waals surface area contributed by atoms with Gasteiger partial charge in [0.2, 0.25) is 0 Å². The van der Waals surface area contributed by atoms with E-state index in [2.05, 4.69) is 4.98 Å². The Kier molecular flexibility index (Phi) is 6.97. The van der Waals surface area contributed by atoms with Crippen molar-refractivity contribution in [3.05, 3.63) is 65.2 Å². The van der Waals surface area contributed by atoms with E-state index in [4.69, 9.17) is 5.73 Å². The third-order valence-corrected chi connectivity index (χ3v) is 4.58. The Morgan fingerprint density at radius 3 is 2.45 bits per heavy atom. The molecule has 0 bridgehead atoms. The lowest BCUT2D eigenvalue weighted by Gasteiger charge is -2.29. The molecule has 0 aliphatic heterocycles. The fraction of sp³-hybridized carbons (Fsp3) is 0.400. The zero-order valence-corrected chi connectivity index (χ0v) is 16.0. The van der Waals surface area contributed by atoms with E-state index in [1.165, 1.54) is 30.5 Å². The molecule has 0 aliphatic carbocycles. The summed E-state index contributed by atoms with van der Waals surface area (Å²) >= 11 is 0. The number of nitrogens with two attached hydrogens (primary N) is 1. The summed E-state index contributed by atoms with van der Waals surface area (Å²) in [6, 6.07) is 7.85. The lowest BCUT2D eigenvalue weighted by atomic mass is 9.96. The smallest absolute Gasteiger partial charge is 0.391 e. The Labute approximate surface area is 166 Å². The van der Waals surface area contributed by atoms with Gasteiger partial charge < -0.3 is 16.2 Å². The van der Waals surface area contributed by atoms with E-state index >= 15 is 0 Å². The lowest BCUT2D eigenvalue weighted by Crippen LogP contribution is -2.54. The number of nitrogens with one attached hydrogen (secondary N) is 1. The van der Waals surface area contributed by atoms with Gasteiger partial charge in [0.15, 0.2) is 0 Å². The van der Waals surface area contributed by atoms with Crippen LogP contribution >= 0.6 is 0 Å². The zero-order chi connectivity index (χ0) is 21.8. The number of nitrogens with zero attached hydrogens (tertiary/aromatic N) is 1. The summed E-state index contributed by atoms with van der Waals surface area (Å²) in [6.07, 6.45) is -4.61. The van der Waals surface area contributed by atoms with E-state index in [0.29, 0.717) is 5.56 Å². The monoisotopic (exact) mass is 413 g/mol. The molecule has 29 heavy (non-hydrogen) atoms. The molecule has 1 aromatic heterocycles. The average molecular weight is 413 g/mol. The van der Waals surface area contributed by atoms with Crippen LogP contribution in [0.3, 0.4) is 0 Å². The molecule has 0 saturated carbocycles. The molecule has 0 fully saturated rings. The summed E-state index contributed by atoms with van der Waals surface area (Å²) in [7, 11) is 0. The number of benzene rings is 1. The predicted molar refractivity (Wildman–Crippen MR) is 99.6 cm³/mol. The molecule has 0 saturated heterocycles. The van der Waals surface area contributed by atoms with Gasteiger partial charge in [0.25, 0.3) is 5.91 Å². The number of carbonyl (C=O) groups excluding carboxylic acids is 1. The Hall–Kier alpha value is -2.52. The number of halogens is 4. The van der Waals surface area contributed by atoms with Crippen molar-refractivity contribution in [3.8, 4) is 0 Å². The highest BCUT2D eigenvalue weighted by atomic mass is 19.4. The van der Waals surface area contributed by atoms with Gasteiger partial charge in [-0.1, -0.05) is 18.2 Å². The van der Waals surface area contributed by atoms with Crippen molar-refractivity contribution in [2.24, 2.45) is 5.73 Å². The molecule has 2 aromatic rings. The topological polar surface area (TPSA) is 88.2 Å². The van der Waals surface area contributed by atoms with Crippen LogP contribution in [0.5, 0.6) is 0 Å². The molecule has 2 atom stereocenters. The number of hydrogen-bond donors (Lipinski definition) is 3. The van der Waals surface area contributed by atoms with Gasteiger partial charge in [-0.05, 0) is 44.0 Å². The SMILES string of the molecule is CC(C)(NC(=O)c1cccnc1CC(O)C(N)Cc1ccccc1F)C(F)(F)F. The number of carbonyl (C=O) groups is 1. The summed E-state index contributed by atoms with van der Waals surface area (Å²) in [5.74, 6) is -1.42. The molecule has 158 valence electrons. The Balaban J connectivity index is 2.14. The molecule has 0 radical (unpaired) electrons. The minimum atomic E-state index is -4.65. The van der Waals surface area contributed by atoms with E-state index in [9.17, 15) is 27.5 Å². The molecular formula is C20H23F4N3O2. The van der Waals surface area contributed by atoms with E-state index < -0.39 is 35.6 Å². The third-order valence-electron chi connectivity index (χ3n) is 4.58. The van der Waals surface area contributed by atoms with Crippen LogP contribution in [-0.2, 0) is 12.8 Å². The standard InChI is InChI=1S/C20H23F4N3O2/c1-19(2,20(22,23)24)27-18(29)13-7-5-9-26-16(13)11-17(28)15(25)10-12-6-3-4-8-14(12)21/h3-9,15,17,28H,10-11,25H2,1-2H3,(H,27,29). The van der Waals surface area contributed by atoms with Gasteiger partial charge in [0, 0.05) is 18.7 Å². The molecule has 1 aromatic carbocycles. The molecule has 2 unspecified atom stereocenters. The number of aliphatic hydroxyl groups is 1. The van der Waals surface area contributed by atoms with Gasteiger partial charge in [-0.2, -0.15) is 13.2 Å². The van der Waals surface area contributed by atoms with Crippen LogP contribution in [0.1, 0.15) is 35.5 Å². The van der Waals surface area contributed by atoms with Gasteiger partial charge in [-0.25, -0.2) is 4.39 Å². The van der Waals surface area contributed by atoms with Crippen LogP contribution in [0.15, 0.2) is 42.6 Å². The van der Waals surface area contributed by atoms with Crippen LogP contribution in [0, 0.1) is 5.82 Å². The fourth-order valence-corrected chi connectivity index (χ4v) is 2.63. The van der Waals surface area contributed by atoms with Crippen LogP contribution < -0.4 is 11.1 Å². The second-order valence-corrected chi connectivity index (χ2v) is 7.31. The first-order valence-electron chi connectivity index (χ1n) is 8.92. The van der Waals surface area contributed by atoms with E-state index in [-0.39, 0.29) is 24.1 Å². The van der Waals surface area contributed by atoms with Crippen molar-refractivity contribution >= 4 is 5.91 Å². The lowest BCUT2D eigenvalue weighted by molar-refractivity contribution is -0.182. The largest absolute Gasteiger partial charge is 0.410 e. The first-order chi connectivity index (χ1) is 13.4. The summed E-state index contributed by atoms with van der Waals surface area (Å²) < 4.78 is 52.9. The van der Waals surface area contributed by atoms with Gasteiger partial charge >= 0.3 is 6.18 Å². The highest BCUT2D eigenvalue weighted by Gasteiger charge is 2.48. The van der Waals surface area contributed by atoms with Crippen LogP contribution in [0.2, 0.25) is 0 Å². The van der Waals surface area contributed by atoms with Crippen LogP contribution in [0.25, 0.3) is 0 Å². The molecule has 5 nitrogen and oxygen atoms in total. The van der Waals surface area contributed by atoms with Crippen molar-refractivity contribution in [2.45, 2.75) is 50.6 Å². The molecule has 0 aliphatic rings. The first-order valence-corrected chi connectivity index (χ1v) is 8.92. The molecule has 9 heteroatoms. The maximum absolute atomic E-state index is 13.8. The van der Waals surface area contributed by atoms with E-state index in [1.54, 1.807) is 12.1 Å². The zero-order valence-electron chi connectivity index (χ0n) is 16.0. The summed E-state index contributed by atoms with van der Waals surface area (Å²) in [5.41, 5.74) is 3.84. The van der Waals surface area contributed by atoms with Crippen LogP contribution in [0.4, 0.5) is 17.6 Å². The quantitative estimate of drug-likeness (QED) is 0.609. The van der Waals surface area contributed by atoms with Gasteiger partial charge in [-0.3, -0.25) is 9.78 Å². The second kappa shape index (κ2) is 8.87. The third kappa shape index (κ3) is 5.74. The number of rotatable bonds is 7. The number of aliphatic hydroxyl groups excluding tert-OH is 1. The summed E-state index contributed by atoms with van der Waals surface area (Å²) in [6.45, 7) is 1.69. The number of aromatic nitrogens is 1. The Morgan fingerprint density at radius 2 is 1.83 bits per heavy atom. The second-order valence-electron chi connectivity index (χ2n) is 7.31. The molecular weight excluding hydrogens is 390 g/mol. The van der Waals surface area contributed by atoms with Gasteiger partial charge in [-0.15, -0.1) is 0 Å². The molecule has 0 spiro atoms. The van der Waals surface area contributed by atoms with Crippen molar-refractivity contribution in [2.75, 3.05) is 0 Å². The van der Waals surface area contributed by atoms with E-state index in [1.807, 2.05) is 5.32 Å². The summed E-state index contributed by atoms with van der Waals surface area (Å²) in [5, 5.41) is 12.3. The number of amides is 1. The van der Waals surface area contributed by atoms with Crippen molar-refractivity contribution < 1.29 is 27.5 Å². The maximum Gasteiger partial charge on any atom is 0.410 e. The molecule has 4 N–H and O–H groups in total. The number of hydrogen-bond acceptors (Lipinski definition) is 4. The van der Waals surface area contributed by atoms with Crippen molar-refractivity contribution in [1.82, 2.24) is 10.3 Å². The highest BCUT2D eigenvalue weighted by molar-refractivity contribution is 5.95. The minimum Gasteiger partial charge on any atom is -0.391 e. The van der Waals surface area contributed by atoms with Crippen LogP contribution in [-0.4, -0.2) is 39.9 Å².